The smallest absolute Gasteiger partial charge is 0.309 e. The first kappa shape index (κ1) is 16.0. The van der Waals surface area contributed by atoms with Crippen molar-refractivity contribution in [3.63, 3.8) is 0 Å². The maximum absolute atomic E-state index is 13.2. The van der Waals surface area contributed by atoms with Crippen molar-refractivity contribution in [3.05, 3.63) is 69.4 Å². The first-order chi connectivity index (χ1) is 9.86. The Morgan fingerprint density at radius 3 is 2.24 bits per heavy atom. The summed E-state index contributed by atoms with van der Waals surface area (Å²) >= 11 is 3.34. The van der Waals surface area contributed by atoms with Crippen LogP contribution in [0.5, 0.6) is 0 Å². The van der Waals surface area contributed by atoms with Gasteiger partial charge in [-0.3, -0.25) is 0 Å². The SMILES string of the molecule is Fc1ccc(CNCc2cccc(Br)c2)cc1C(F)(F)F. The molecule has 0 aliphatic heterocycles. The largest absolute Gasteiger partial charge is 0.419 e. The Hall–Kier alpha value is -1.40. The van der Waals surface area contributed by atoms with Gasteiger partial charge in [-0.15, -0.1) is 0 Å². The summed E-state index contributed by atoms with van der Waals surface area (Å²) < 4.78 is 51.9. The van der Waals surface area contributed by atoms with E-state index >= 15 is 0 Å². The van der Waals surface area contributed by atoms with Gasteiger partial charge in [-0.05, 0) is 35.4 Å². The summed E-state index contributed by atoms with van der Waals surface area (Å²) in [4.78, 5) is 0. The predicted octanol–water partition coefficient (Wildman–Crippen LogP) is 4.90. The molecule has 0 saturated carbocycles. The lowest BCUT2D eigenvalue weighted by molar-refractivity contribution is -0.140. The molecule has 21 heavy (non-hydrogen) atoms. The molecule has 0 amide bonds. The quantitative estimate of drug-likeness (QED) is 0.764. The summed E-state index contributed by atoms with van der Waals surface area (Å²) in [5.74, 6) is -1.25. The minimum absolute atomic E-state index is 0.232. The fourth-order valence-corrected chi connectivity index (χ4v) is 2.34. The first-order valence-corrected chi connectivity index (χ1v) is 6.96. The normalized spacial score (nSPS) is 11.7. The van der Waals surface area contributed by atoms with Gasteiger partial charge in [-0.1, -0.05) is 34.1 Å². The maximum atomic E-state index is 13.2. The number of nitrogens with one attached hydrogen (secondary N) is 1. The van der Waals surface area contributed by atoms with Crippen LogP contribution in [0.1, 0.15) is 16.7 Å². The van der Waals surface area contributed by atoms with E-state index in [0.717, 1.165) is 22.2 Å². The van der Waals surface area contributed by atoms with Crippen LogP contribution in [0.3, 0.4) is 0 Å². The molecule has 2 aromatic carbocycles. The average Bonchev–Trinajstić information content (AvgIpc) is 2.39. The number of halogens is 5. The van der Waals surface area contributed by atoms with Gasteiger partial charge in [0.15, 0.2) is 0 Å². The third-order valence-corrected chi connectivity index (χ3v) is 3.38. The van der Waals surface area contributed by atoms with Gasteiger partial charge in [0, 0.05) is 17.6 Å². The van der Waals surface area contributed by atoms with Crippen molar-refractivity contribution >= 4 is 15.9 Å². The fourth-order valence-electron chi connectivity index (χ4n) is 1.90. The Morgan fingerprint density at radius 1 is 0.952 bits per heavy atom. The molecular weight excluding hydrogens is 350 g/mol. The standard InChI is InChI=1S/C15H12BrF4N/c16-12-3-1-2-10(6-12)8-21-9-11-4-5-14(17)13(7-11)15(18,19)20/h1-7,21H,8-9H2. The molecule has 0 saturated heterocycles. The molecule has 0 atom stereocenters. The van der Waals surface area contributed by atoms with Gasteiger partial charge in [-0.25, -0.2) is 4.39 Å². The molecule has 0 aliphatic rings. The van der Waals surface area contributed by atoms with E-state index < -0.39 is 17.6 Å². The zero-order chi connectivity index (χ0) is 15.5. The molecule has 2 aromatic rings. The Bertz CT molecular complexity index is 625. The van der Waals surface area contributed by atoms with Crippen LogP contribution in [0.2, 0.25) is 0 Å². The highest BCUT2D eigenvalue weighted by atomic mass is 79.9. The van der Waals surface area contributed by atoms with Gasteiger partial charge >= 0.3 is 6.18 Å². The molecule has 0 radical (unpaired) electrons. The summed E-state index contributed by atoms with van der Waals surface area (Å²) in [5, 5.41) is 3.03. The van der Waals surface area contributed by atoms with E-state index in [1.165, 1.54) is 6.07 Å². The van der Waals surface area contributed by atoms with Crippen LogP contribution in [0, 0.1) is 5.82 Å². The molecule has 1 nitrogen and oxygen atoms in total. The summed E-state index contributed by atoms with van der Waals surface area (Å²) in [7, 11) is 0. The molecule has 0 spiro atoms. The molecule has 6 heteroatoms. The molecule has 0 heterocycles. The highest BCUT2D eigenvalue weighted by molar-refractivity contribution is 9.10. The summed E-state index contributed by atoms with van der Waals surface area (Å²) in [6, 6.07) is 10.6. The van der Waals surface area contributed by atoms with E-state index in [1.54, 1.807) is 0 Å². The van der Waals surface area contributed by atoms with Crippen molar-refractivity contribution in [2.75, 3.05) is 0 Å². The van der Waals surface area contributed by atoms with Crippen molar-refractivity contribution < 1.29 is 17.6 Å². The lowest BCUT2D eigenvalue weighted by Gasteiger charge is -2.11. The lowest BCUT2D eigenvalue weighted by atomic mass is 10.1. The van der Waals surface area contributed by atoms with Gasteiger partial charge in [-0.2, -0.15) is 13.2 Å². The maximum Gasteiger partial charge on any atom is 0.419 e. The second-order valence-corrected chi connectivity index (χ2v) is 5.46. The van der Waals surface area contributed by atoms with Crippen molar-refractivity contribution in [1.82, 2.24) is 5.32 Å². The average molecular weight is 362 g/mol. The monoisotopic (exact) mass is 361 g/mol. The molecule has 0 aliphatic carbocycles. The molecule has 112 valence electrons. The van der Waals surface area contributed by atoms with Gasteiger partial charge in [0.25, 0.3) is 0 Å². The molecule has 0 unspecified atom stereocenters. The van der Waals surface area contributed by atoms with Crippen molar-refractivity contribution in [3.8, 4) is 0 Å². The van der Waals surface area contributed by atoms with E-state index in [9.17, 15) is 17.6 Å². The van der Waals surface area contributed by atoms with Crippen LogP contribution in [0.4, 0.5) is 17.6 Å². The molecule has 2 rings (SSSR count). The highest BCUT2D eigenvalue weighted by Gasteiger charge is 2.34. The predicted molar refractivity (Wildman–Crippen MR) is 76.1 cm³/mol. The first-order valence-electron chi connectivity index (χ1n) is 6.17. The summed E-state index contributed by atoms with van der Waals surface area (Å²) in [6.07, 6.45) is -4.68. The summed E-state index contributed by atoms with van der Waals surface area (Å²) in [5.41, 5.74) is 0.158. The van der Waals surface area contributed by atoms with Gasteiger partial charge in [0.05, 0.1) is 5.56 Å². The Balaban J connectivity index is 2.01. The number of alkyl halides is 3. The molecule has 0 aromatic heterocycles. The van der Waals surface area contributed by atoms with Crippen LogP contribution >= 0.6 is 15.9 Å². The van der Waals surface area contributed by atoms with Gasteiger partial charge in [0.1, 0.15) is 5.82 Å². The van der Waals surface area contributed by atoms with E-state index in [1.807, 2.05) is 24.3 Å². The van der Waals surface area contributed by atoms with Crippen molar-refractivity contribution in [2.24, 2.45) is 0 Å². The topological polar surface area (TPSA) is 12.0 Å². The van der Waals surface area contributed by atoms with Crippen molar-refractivity contribution in [1.29, 1.82) is 0 Å². The van der Waals surface area contributed by atoms with Gasteiger partial charge in [0.2, 0.25) is 0 Å². The molecular formula is C15H12BrF4N. The Labute approximate surface area is 128 Å². The number of hydrogen-bond donors (Lipinski definition) is 1. The van der Waals surface area contributed by atoms with Crippen LogP contribution < -0.4 is 5.32 Å². The number of hydrogen-bond acceptors (Lipinski definition) is 1. The molecule has 0 bridgehead atoms. The molecule has 0 fully saturated rings. The second kappa shape index (κ2) is 6.58. The number of rotatable bonds is 4. The van der Waals surface area contributed by atoms with Crippen LogP contribution in [-0.2, 0) is 19.3 Å². The lowest BCUT2D eigenvalue weighted by Crippen LogP contribution is -2.14. The van der Waals surface area contributed by atoms with Crippen LogP contribution in [0.25, 0.3) is 0 Å². The Kier molecular flexibility index (Phi) is 5.00. The second-order valence-electron chi connectivity index (χ2n) is 4.55. The van der Waals surface area contributed by atoms with Gasteiger partial charge < -0.3 is 5.32 Å². The number of benzene rings is 2. The third kappa shape index (κ3) is 4.54. The van der Waals surface area contributed by atoms with E-state index in [-0.39, 0.29) is 6.54 Å². The van der Waals surface area contributed by atoms with E-state index in [4.69, 9.17) is 0 Å². The van der Waals surface area contributed by atoms with Crippen LogP contribution in [-0.4, -0.2) is 0 Å². The minimum atomic E-state index is -4.68. The highest BCUT2D eigenvalue weighted by Crippen LogP contribution is 2.31. The summed E-state index contributed by atoms with van der Waals surface area (Å²) in [6.45, 7) is 0.744. The zero-order valence-corrected chi connectivity index (χ0v) is 12.4. The molecule has 1 N–H and O–H groups in total. The van der Waals surface area contributed by atoms with E-state index in [2.05, 4.69) is 21.2 Å². The zero-order valence-electron chi connectivity index (χ0n) is 10.8. The van der Waals surface area contributed by atoms with E-state index in [0.29, 0.717) is 12.1 Å². The van der Waals surface area contributed by atoms with Crippen molar-refractivity contribution in [2.45, 2.75) is 19.3 Å². The third-order valence-electron chi connectivity index (χ3n) is 2.88. The van der Waals surface area contributed by atoms with Crippen LogP contribution in [0.15, 0.2) is 46.9 Å². The fraction of sp³-hybridized carbons (Fsp3) is 0.200. The Morgan fingerprint density at radius 2 is 1.62 bits per heavy atom. The minimum Gasteiger partial charge on any atom is -0.309 e.